The van der Waals surface area contributed by atoms with Gasteiger partial charge in [-0.3, -0.25) is 18.7 Å². The van der Waals surface area contributed by atoms with Crippen LogP contribution in [0.4, 0.5) is 19.3 Å². The van der Waals surface area contributed by atoms with Crippen LogP contribution in [0.15, 0.2) is 18.2 Å². The molecule has 11 heteroatoms. The lowest BCUT2D eigenvalue weighted by atomic mass is 9.99. The highest BCUT2D eigenvalue weighted by molar-refractivity contribution is 6.31. The molecule has 8 nitrogen and oxygen atoms in total. The monoisotopic (exact) mass is 441 g/mol. The molecule has 1 aromatic heterocycles. The zero-order chi connectivity index (χ0) is 22.0. The number of hydrogen-bond donors (Lipinski definition) is 1. The van der Waals surface area contributed by atoms with Crippen LogP contribution in [0.5, 0.6) is 0 Å². The number of nitrogens with zero attached hydrogens (tertiary/aromatic N) is 4. The highest BCUT2D eigenvalue weighted by Crippen LogP contribution is 2.28. The average molecular weight is 442 g/mol. The minimum Gasteiger partial charge on any atom is -0.317 e. The Morgan fingerprint density at radius 3 is 2.80 bits per heavy atom. The van der Waals surface area contributed by atoms with Crippen molar-refractivity contribution in [3.05, 3.63) is 46.0 Å². The molecular formula is C19H22ClF2N5O3. The van der Waals surface area contributed by atoms with Crippen LogP contribution in [0.1, 0.15) is 28.7 Å². The highest BCUT2D eigenvalue weighted by atomic mass is 35.5. The van der Waals surface area contributed by atoms with Crippen molar-refractivity contribution in [3.63, 3.8) is 0 Å². The van der Waals surface area contributed by atoms with E-state index in [9.17, 15) is 18.4 Å². The van der Waals surface area contributed by atoms with Gasteiger partial charge in [0.2, 0.25) is 0 Å². The van der Waals surface area contributed by atoms with Gasteiger partial charge in [-0.2, -0.15) is 5.10 Å². The van der Waals surface area contributed by atoms with Crippen LogP contribution in [0.2, 0.25) is 5.02 Å². The number of aromatic nitrogens is 2. The number of nitrogens with one attached hydrogen (secondary N) is 1. The molecule has 2 aliphatic rings. The Morgan fingerprint density at radius 2 is 2.10 bits per heavy atom. The molecule has 0 bridgehead atoms. The summed E-state index contributed by atoms with van der Waals surface area (Å²) < 4.78 is 24.5. The molecule has 0 saturated heterocycles. The minimum absolute atomic E-state index is 0.0673. The van der Waals surface area contributed by atoms with Crippen molar-refractivity contribution < 1.29 is 23.2 Å². The molecule has 0 unspecified atom stereocenters. The smallest absolute Gasteiger partial charge is 0.317 e. The van der Waals surface area contributed by atoms with Crippen LogP contribution in [0.25, 0.3) is 0 Å². The van der Waals surface area contributed by atoms with Crippen molar-refractivity contribution in [2.45, 2.75) is 32.5 Å². The van der Waals surface area contributed by atoms with Crippen molar-refractivity contribution in [1.82, 2.24) is 19.7 Å². The number of fused-ring (bicyclic) bond motifs is 3. The third-order valence-corrected chi connectivity index (χ3v) is 5.28. The van der Waals surface area contributed by atoms with Gasteiger partial charge < -0.3 is 10.2 Å². The lowest BCUT2D eigenvalue weighted by molar-refractivity contribution is -0.103. The third kappa shape index (κ3) is 4.10. The number of hydroxylamine groups is 2. The number of anilines is 1. The maximum atomic E-state index is 13.3. The van der Waals surface area contributed by atoms with Crippen LogP contribution < -0.4 is 5.32 Å². The standard InChI is InChI=1S/C18H19ClFN5O3.CH3F/c1-10-7-15-12(16-17(26)23(2)28-6-5-25(16)22-15)9-24(10)18(27)21-11-3-4-14(20)13(19)8-11;1-2/h3-4,8,10H,5-7,9H2,1-2H3,(H,21,27);1H3/t10-;/m1./s1. The number of carbonyl (C=O) groups excluding carboxylic acids is 2. The SMILES string of the molecule is CF.C[C@@H]1Cc2nn3c(c2CN1C(=O)Nc1ccc(F)c(Cl)c1)C(=O)N(C)OCC3. The largest absolute Gasteiger partial charge is 0.322 e. The Bertz CT molecular complexity index is 968. The fourth-order valence-electron chi connectivity index (χ4n) is 3.51. The van der Waals surface area contributed by atoms with Gasteiger partial charge in [0, 0.05) is 30.8 Å². The summed E-state index contributed by atoms with van der Waals surface area (Å²) in [5.41, 5.74) is 2.39. The molecule has 2 aliphatic heterocycles. The number of halogens is 3. The molecule has 2 aromatic rings. The lowest BCUT2D eigenvalue weighted by Gasteiger charge is -2.33. The Labute approximate surface area is 177 Å². The van der Waals surface area contributed by atoms with Gasteiger partial charge in [0.25, 0.3) is 5.91 Å². The molecule has 30 heavy (non-hydrogen) atoms. The zero-order valence-electron chi connectivity index (χ0n) is 16.8. The molecule has 1 aromatic carbocycles. The third-order valence-electron chi connectivity index (χ3n) is 4.99. The van der Waals surface area contributed by atoms with Crippen molar-refractivity contribution in [1.29, 1.82) is 0 Å². The number of hydrogen-bond acceptors (Lipinski definition) is 4. The summed E-state index contributed by atoms with van der Waals surface area (Å²) >= 11 is 5.78. The molecule has 1 atom stereocenters. The van der Waals surface area contributed by atoms with Crippen molar-refractivity contribution in [2.75, 3.05) is 26.1 Å². The molecule has 162 valence electrons. The van der Waals surface area contributed by atoms with Gasteiger partial charge in [-0.25, -0.2) is 14.2 Å². The first-order chi connectivity index (χ1) is 14.3. The Kier molecular flexibility index (Phi) is 6.57. The van der Waals surface area contributed by atoms with Crippen LogP contribution in [0, 0.1) is 5.82 Å². The average Bonchev–Trinajstić information content (AvgIpc) is 3.00. The molecular weight excluding hydrogens is 420 g/mol. The minimum atomic E-state index is -0.553. The van der Waals surface area contributed by atoms with Gasteiger partial charge >= 0.3 is 6.03 Å². The predicted molar refractivity (Wildman–Crippen MR) is 106 cm³/mol. The lowest BCUT2D eigenvalue weighted by Crippen LogP contribution is -2.45. The fraction of sp³-hybridized carbons (Fsp3) is 0.421. The molecule has 0 fully saturated rings. The Hall–Kier alpha value is -2.72. The number of alkyl halides is 1. The summed E-state index contributed by atoms with van der Waals surface area (Å²) in [6.45, 7) is 2.97. The van der Waals surface area contributed by atoms with Crippen LogP contribution >= 0.6 is 11.6 Å². The summed E-state index contributed by atoms with van der Waals surface area (Å²) in [6, 6.07) is 3.53. The van der Waals surface area contributed by atoms with Crippen LogP contribution in [0.3, 0.4) is 0 Å². The van der Waals surface area contributed by atoms with E-state index in [1.54, 1.807) is 16.6 Å². The van der Waals surface area contributed by atoms with Gasteiger partial charge in [-0.15, -0.1) is 0 Å². The summed E-state index contributed by atoms with van der Waals surface area (Å²) in [4.78, 5) is 32.4. The quantitative estimate of drug-likeness (QED) is 0.736. The molecule has 0 aliphatic carbocycles. The number of carbonyl (C=O) groups is 2. The normalized spacial score (nSPS) is 18.1. The Morgan fingerprint density at radius 1 is 1.37 bits per heavy atom. The van der Waals surface area contributed by atoms with E-state index in [1.807, 2.05) is 6.92 Å². The van der Waals surface area contributed by atoms with Gasteiger partial charge in [0.05, 0.1) is 37.6 Å². The maximum Gasteiger partial charge on any atom is 0.322 e. The number of rotatable bonds is 1. The predicted octanol–water partition coefficient (Wildman–Crippen LogP) is 3.26. The fourth-order valence-corrected chi connectivity index (χ4v) is 3.69. The first-order valence-electron chi connectivity index (χ1n) is 9.25. The summed E-state index contributed by atoms with van der Waals surface area (Å²) in [7, 11) is 2.06. The molecule has 4 rings (SSSR count). The van der Waals surface area contributed by atoms with Crippen molar-refractivity contribution in [2.24, 2.45) is 0 Å². The van der Waals surface area contributed by atoms with Crippen LogP contribution in [-0.4, -0.2) is 58.6 Å². The summed E-state index contributed by atoms with van der Waals surface area (Å²) in [5, 5.41) is 8.42. The molecule has 1 N–H and O–H groups in total. The molecule has 0 radical (unpaired) electrons. The van der Waals surface area contributed by atoms with Gasteiger partial charge in [-0.1, -0.05) is 11.6 Å². The van der Waals surface area contributed by atoms with Gasteiger partial charge in [0.1, 0.15) is 11.5 Å². The first-order valence-corrected chi connectivity index (χ1v) is 9.63. The van der Waals surface area contributed by atoms with Crippen molar-refractivity contribution in [3.8, 4) is 0 Å². The van der Waals surface area contributed by atoms with Crippen molar-refractivity contribution >= 4 is 29.2 Å². The summed E-state index contributed by atoms with van der Waals surface area (Å²) in [5.74, 6) is -0.838. The second-order valence-electron chi connectivity index (χ2n) is 6.87. The summed E-state index contributed by atoms with van der Waals surface area (Å²) in [6.07, 6.45) is 0.533. The van der Waals surface area contributed by atoms with Crippen LogP contribution in [-0.2, 0) is 24.3 Å². The molecule has 3 amide bonds. The Balaban J connectivity index is 0.00000124. The molecule has 3 heterocycles. The van der Waals surface area contributed by atoms with E-state index < -0.39 is 5.82 Å². The van der Waals surface area contributed by atoms with E-state index in [2.05, 4.69) is 10.4 Å². The topological polar surface area (TPSA) is 79.7 Å². The van der Waals surface area contributed by atoms with E-state index in [0.29, 0.717) is 38.1 Å². The van der Waals surface area contributed by atoms with E-state index in [0.717, 1.165) is 11.3 Å². The van der Waals surface area contributed by atoms with Gasteiger partial charge in [0.15, 0.2) is 0 Å². The zero-order valence-corrected chi connectivity index (χ0v) is 17.5. The molecule has 0 saturated carbocycles. The number of urea groups is 1. The van der Waals surface area contributed by atoms with E-state index in [4.69, 9.17) is 16.4 Å². The van der Waals surface area contributed by atoms with E-state index in [-0.39, 0.29) is 29.5 Å². The highest BCUT2D eigenvalue weighted by Gasteiger charge is 2.35. The maximum absolute atomic E-state index is 13.3. The molecule has 0 spiro atoms. The second kappa shape index (κ2) is 8.97. The van der Waals surface area contributed by atoms with E-state index >= 15 is 0 Å². The first kappa shape index (κ1) is 22.0. The van der Waals surface area contributed by atoms with Gasteiger partial charge in [-0.05, 0) is 25.1 Å². The number of benzene rings is 1. The second-order valence-corrected chi connectivity index (χ2v) is 7.28. The number of amides is 3. The van der Waals surface area contributed by atoms with E-state index in [1.165, 1.54) is 23.3 Å².